The van der Waals surface area contributed by atoms with Gasteiger partial charge in [0.2, 0.25) is 0 Å². The first kappa shape index (κ1) is 13.8. The number of carbonyl (C=O) groups is 1. The minimum absolute atomic E-state index is 0.0761. The van der Waals surface area contributed by atoms with Gasteiger partial charge < -0.3 is 15.4 Å². The molecule has 0 fully saturated rings. The van der Waals surface area contributed by atoms with Gasteiger partial charge in [0.25, 0.3) is 0 Å². The molecule has 2 aromatic rings. The van der Waals surface area contributed by atoms with Crippen molar-refractivity contribution in [2.75, 3.05) is 5.32 Å². The van der Waals surface area contributed by atoms with Crippen LogP contribution in [-0.2, 0) is 0 Å². The zero-order valence-electron chi connectivity index (χ0n) is 11.3. The summed E-state index contributed by atoms with van der Waals surface area (Å²) in [6.07, 6.45) is 3.20. The molecule has 2 N–H and O–H groups in total. The number of ether oxygens (including phenoxy) is 1. The van der Waals surface area contributed by atoms with Gasteiger partial charge >= 0.3 is 12.0 Å². The molecule has 0 atom stereocenters. The zero-order valence-corrected chi connectivity index (χ0v) is 11.3. The molecule has 0 saturated heterocycles. The number of nitrogens with one attached hydrogen (secondary N) is 2. The van der Waals surface area contributed by atoms with E-state index >= 15 is 0 Å². The van der Waals surface area contributed by atoms with E-state index < -0.39 is 0 Å². The molecule has 0 aliphatic rings. The van der Waals surface area contributed by atoms with Crippen molar-refractivity contribution >= 4 is 11.7 Å². The molecule has 0 aliphatic carbocycles. The van der Waals surface area contributed by atoms with Crippen LogP contribution < -0.4 is 15.4 Å². The number of nitrogens with zero attached hydrogens (tertiary/aromatic N) is 2. The molecule has 2 rings (SSSR count). The summed E-state index contributed by atoms with van der Waals surface area (Å²) in [6.45, 7) is 3.79. The summed E-state index contributed by atoms with van der Waals surface area (Å²) in [4.78, 5) is 19.5. The fourth-order valence-corrected chi connectivity index (χ4v) is 1.51. The van der Waals surface area contributed by atoms with Crippen LogP contribution in [0, 0.1) is 0 Å². The van der Waals surface area contributed by atoms with Crippen LogP contribution >= 0.6 is 0 Å². The number of benzene rings is 1. The maximum absolute atomic E-state index is 11.6. The average Bonchev–Trinajstić information content (AvgIpc) is 2.39. The van der Waals surface area contributed by atoms with Crippen LogP contribution in [0.25, 0.3) is 0 Å². The molecule has 1 heterocycles. The first-order valence-corrected chi connectivity index (χ1v) is 6.26. The fraction of sp³-hybridized carbons (Fsp3) is 0.214. The van der Waals surface area contributed by atoms with Crippen molar-refractivity contribution in [2.45, 2.75) is 19.9 Å². The van der Waals surface area contributed by atoms with Crippen molar-refractivity contribution in [3.63, 3.8) is 0 Å². The van der Waals surface area contributed by atoms with Gasteiger partial charge in [-0.25, -0.2) is 14.8 Å². The van der Waals surface area contributed by atoms with E-state index in [4.69, 9.17) is 4.74 Å². The Hall–Kier alpha value is -2.63. The molecule has 0 radical (unpaired) electrons. The number of urea groups is 1. The Kier molecular flexibility index (Phi) is 4.49. The zero-order chi connectivity index (χ0) is 14.4. The summed E-state index contributed by atoms with van der Waals surface area (Å²) in [5.41, 5.74) is 0.636. The summed E-state index contributed by atoms with van der Waals surface area (Å²) in [5, 5.41) is 5.47. The summed E-state index contributed by atoms with van der Waals surface area (Å²) in [6, 6.07) is 8.82. The molecule has 20 heavy (non-hydrogen) atoms. The predicted molar refractivity (Wildman–Crippen MR) is 75.8 cm³/mol. The molecule has 2 amide bonds. The van der Waals surface area contributed by atoms with Gasteiger partial charge in [-0.3, -0.25) is 0 Å². The van der Waals surface area contributed by atoms with Gasteiger partial charge in [0.05, 0.1) is 0 Å². The van der Waals surface area contributed by atoms with Crippen molar-refractivity contribution in [1.82, 2.24) is 15.3 Å². The van der Waals surface area contributed by atoms with E-state index in [1.807, 2.05) is 13.8 Å². The Balaban J connectivity index is 2.03. The van der Waals surface area contributed by atoms with Gasteiger partial charge in [-0.2, -0.15) is 0 Å². The molecule has 0 saturated carbocycles. The highest BCUT2D eigenvalue weighted by Gasteiger charge is 2.05. The van der Waals surface area contributed by atoms with Crippen molar-refractivity contribution in [1.29, 1.82) is 0 Å². The normalized spacial score (nSPS) is 10.2. The largest absolute Gasteiger partial charge is 0.424 e. The van der Waals surface area contributed by atoms with Gasteiger partial charge in [-0.1, -0.05) is 6.07 Å². The molecule has 1 aromatic carbocycles. The van der Waals surface area contributed by atoms with Crippen molar-refractivity contribution in [3.8, 4) is 11.8 Å². The number of hydrogen-bond donors (Lipinski definition) is 2. The second-order valence-electron chi connectivity index (χ2n) is 4.41. The minimum Gasteiger partial charge on any atom is -0.424 e. The van der Waals surface area contributed by atoms with Crippen LogP contribution in [0.4, 0.5) is 10.5 Å². The molecule has 6 nitrogen and oxygen atoms in total. The van der Waals surface area contributed by atoms with Gasteiger partial charge in [-0.15, -0.1) is 0 Å². The van der Waals surface area contributed by atoms with E-state index in [9.17, 15) is 4.79 Å². The van der Waals surface area contributed by atoms with E-state index in [0.29, 0.717) is 11.4 Å². The first-order valence-electron chi connectivity index (χ1n) is 6.26. The van der Waals surface area contributed by atoms with Crippen molar-refractivity contribution in [3.05, 3.63) is 42.7 Å². The Morgan fingerprint density at radius 3 is 2.65 bits per heavy atom. The van der Waals surface area contributed by atoms with E-state index in [1.165, 1.54) is 0 Å². The Morgan fingerprint density at radius 1 is 1.20 bits per heavy atom. The number of aromatic nitrogens is 2. The highest BCUT2D eigenvalue weighted by atomic mass is 16.5. The number of amides is 2. The standard InChI is InChI=1S/C14H16N4O2/c1-10(2)17-13(19)18-11-5-3-6-12(9-11)20-14-15-7-4-8-16-14/h3-10H,1-2H3,(H2,17,18,19). The lowest BCUT2D eigenvalue weighted by molar-refractivity contribution is 0.250. The first-order chi connectivity index (χ1) is 9.63. The molecule has 0 spiro atoms. The van der Waals surface area contributed by atoms with Gasteiger partial charge in [-0.05, 0) is 32.0 Å². The number of hydrogen-bond acceptors (Lipinski definition) is 4. The third-order valence-electron chi connectivity index (χ3n) is 2.26. The molecular weight excluding hydrogens is 256 g/mol. The molecule has 6 heteroatoms. The van der Waals surface area contributed by atoms with Crippen LogP contribution in [0.1, 0.15) is 13.8 Å². The van der Waals surface area contributed by atoms with Crippen LogP contribution in [0.3, 0.4) is 0 Å². The summed E-state index contributed by atoms with van der Waals surface area (Å²) >= 11 is 0. The SMILES string of the molecule is CC(C)NC(=O)Nc1cccc(Oc2ncccn2)c1. The predicted octanol–water partition coefficient (Wildman–Crippen LogP) is 2.80. The molecule has 104 valence electrons. The van der Waals surface area contributed by atoms with Crippen molar-refractivity contribution in [2.24, 2.45) is 0 Å². The summed E-state index contributed by atoms with van der Waals surface area (Å²) in [7, 11) is 0. The van der Waals surface area contributed by atoms with E-state index in [-0.39, 0.29) is 18.1 Å². The highest BCUT2D eigenvalue weighted by molar-refractivity contribution is 5.89. The quantitative estimate of drug-likeness (QED) is 0.897. The average molecular weight is 272 g/mol. The monoisotopic (exact) mass is 272 g/mol. The Morgan fingerprint density at radius 2 is 1.95 bits per heavy atom. The number of anilines is 1. The molecule has 1 aromatic heterocycles. The number of carbonyl (C=O) groups excluding carboxylic acids is 1. The van der Waals surface area contributed by atoms with Crippen LogP contribution in [0.15, 0.2) is 42.7 Å². The fourth-order valence-electron chi connectivity index (χ4n) is 1.51. The summed E-state index contributed by atoms with van der Waals surface area (Å²) < 4.78 is 5.49. The molecule has 0 bridgehead atoms. The third kappa shape index (κ3) is 4.24. The lowest BCUT2D eigenvalue weighted by Crippen LogP contribution is -2.34. The lowest BCUT2D eigenvalue weighted by Gasteiger charge is -2.11. The van der Waals surface area contributed by atoms with E-state index in [0.717, 1.165) is 0 Å². The van der Waals surface area contributed by atoms with Gasteiger partial charge in [0.1, 0.15) is 5.75 Å². The number of rotatable bonds is 4. The topological polar surface area (TPSA) is 76.1 Å². The van der Waals surface area contributed by atoms with Gasteiger partial charge in [0.15, 0.2) is 0 Å². The Bertz CT molecular complexity index is 572. The maximum atomic E-state index is 11.6. The molecule has 0 unspecified atom stereocenters. The minimum atomic E-state index is -0.256. The molecule has 0 aliphatic heterocycles. The van der Waals surface area contributed by atoms with Crippen LogP contribution in [0.5, 0.6) is 11.8 Å². The van der Waals surface area contributed by atoms with E-state index in [1.54, 1.807) is 42.7 Å². The van der Waals surface area contributed by atoms with Crippen LogP contribution in [-0.4, -0.2) is 22.0 Å². The smallest absolute Gasteiger partial charge is 0.321 e. The third-order valence-corrected chi connectivity index (χ3v) is 2.26. The Labute approximate surface area is 117 Å². The molecular formula is C14H16N4O2. The second-order valence-corrected chi connectivity index (χ2v) is 4.41. The van der Waals surface area contributed by atoms with Gasteiger partial charge in [0, 0.05) is 30.2 Å². The highest BCUT2D eigenvalue weighted by Crippen LogP contribution is 2.21. The van der Waals surface area contributed by atoms with Crippen LogP contribution in [0.2, 0.25) is 0 Å². The van der Waals surface area contributed by atoms with E-state index in [2.05, 4.69) is 20.6 Å². The van der Waals surface area contributed by atoms with Crippen molar-refractivity contribution < 1.29 is 9.53 Å². The summed E-state index contributed by atoms with van der Waals surface area (Å²) in [5.74, 6) is 0.554. The second kappa shape index (κ2) is 6.51. The lowest BCUT2D eigenvalue weighted by atomic mass is 10.3. The maximum Gasteiger partial charge on any atom is 0.321 e.